The summed E-state index contributed by atoms with van der Waals surface area (Å²) in [6.07, 6.45) is 0.877. The number of carbonyl (C=O) groups excluding carboxylic acids is 1. The average Bonchev–Trinajstić information content (AvgIpc) is 2.16. The lowest BCUT2D eigenvalue weighted by molar-refractivity contribution is -0.129. The molecule has 5 N–H and O–H groups in total. The van der Waals surface area contributed by atoms with E-state index in [0.717, 1.165) is 0 Å². The van der Waals surface area contributed by atoms with Crippen molar-refractivity contribution in [2.75, 3.05) is 25.5 Å². The van der Waals surface area contributed by atoms with E-state index >= 15 is 0 Å². The highest BCUT2D eigenvalue weighted by Crippen LogP contribution is 2.17. The van der Waals surface area contributed by atoms with Gasteiger partial charge in [-0.25, -0.2) is 13.6 Å². The van der Waals surface area contributed by atoms with Crippen molar-refractivity contribution in [3.05, 3.63) is 0 Å². The molecule has 1 rings (SSSR count). The van der Waals surface area contributed by atoms with E-state index < -0.39 is 15.6 Å². The molecule has 1 aliphatic rings. The van der Waals surface area contributed by atoms with Crippen molar-refractivity contribution in [3.63, 3.8) is 0 Å². The fourth-order valence-corrected chi connectivity index (χ4v) is 1.83. The van der Waals surface area contributed by atoms with Crippen LogP contribution in [0.15, 0.2) is 0 Å². The van der Waals surface area contributed by atoms with E-state index in [1.54, 1.807) is 0 Å². The number of primary sulfonamides is 1. The van der Waals surface area contributed by atoms with Gasteiger partial charge in [0.15, 0.2) is 0 Å². The fourth-order valence-electron chi connectivity index (χ4n) is 1.45. The second kappa shape index (κ2) is 5.09. The van der Waals surface area contributed by atoms with Gasteiger partial charge in [0.1, 0.15) is 0 Å². The lowest BCUT2D eigenvalue weighted by Crippen LogP contribution is -2.57. The van der Waals surface area contributed by atoms with Crippen LogP contribution in [0.2, 0.25) is 0 Å². The van der Waals surface area contributed by atoms with E-state index in [9.17, 15) is 13.2 Å². The zero-order chi connectivity index (χ0) is 12.2. The maximum atomic E-state index is 11.7. The van der Waals surface area contributed by atoms with Gasteiger partial charge in [-0.2, -0.15) is 0 Å². The predicted octanol–water partition coefficient (Wildman–Crippen LogP) is -2.10. The molecule has 0 spiro atoms. The zero-order valence-electron chi connectivity index (χ0n) is 8.94. The quantitative estimate of drug-likeness (QED) is 0.528. The number of hydrogen-bond acceptors (Lipinski definition) is 5. The molecule has 8 heteroatoms. The first kappa shape index (κ1) is 13.4. The Morgan fingerprint density at radius 1 is 1.38 bits per heavy atom. The minimum absolute atomic E-state index is 0.0164. The average molecular weight is 251 g/mol. The SMILES string of the molecule is NC1(C(=O)NCCS(N)(=O)=O)CCOCC1. The summed E-state index contributed by atoms with van der Waals surface area (Å²) in [5.41, 5.74) is 4.93. The van der Waals surface area contributed by atoms with Gasteiger partial charge in [0, 0.05) is 19.8 Å². The van der Waals surface area contributed by atoms with Crippen LogP contribution in [0.25, 0.3) is 0 Å². The number of amides is 1. The summed E-state index contributed by atoms with van der Waals surface area (Å²) in [7, 11) is -3.55. The van der Waals surface area contributed by atoms with E-state index in [4.69, 9.17) is 15.6 Å². The lowest BCUT2D eigenvalue weighted by atomic mass is 9.90. The molecule has 0 unspecified atom stereocenters. The summed E-state index contributed by atoms with van der Waals surface area (Å²) in [4.78, 5) is 11.7. The van der Waals surface area contributed by atoms with Gasteiger partial charge in [-0.15, -0.1) is 0 Å². The number of ether oxygens (including phenoxy) is 1. The summed E-state index contributed by atoms with van der Waals surface area (Å²) in [6, 6.07) is 0. The molecule has 1 amide bonds. The first-order valence-corrected chi connectivity index (χ1v) is 6.70. The van der Waals surface area contributed by atoms with E-state index in [1.807, 2.05) is 0 Å². The first-order chi connectivity index (χ1) is 7.33. The van der Waals surface area contributed by atoms with Crippen LogP contribution in [0.1, 0.15) is 12.8 Å². The number of nitrogens with two attached hydrogens (primary N) is 2. The smallest absolute Gasteiger partial charge is 0.240 e. The predicted molar refractivity (Wildman–Crippen MR) is 58.0 cm³/mol. The van der Waals surface area contributed by atoms with Crippen molar-refractivity contribution in [1.29, 1.82) is 0 Å². The minimum atomic E-state index is -3.55. The van der Waals surface area contributed by atoms with Gasteiger partial charge < -0.3 is 15.8 Å². The monoisotopic (exact) mass is 251 g/mol. The van der Waals surface area contributed by atoms with Gasteiger partial charge in [-0.3, -0.25) is 4.79 Å². The molecule has 1 saturated heterocycles. The molecule has 94 valence electrons. The fraction of sp³-hybridized carbons (Fsp3) is 0.875. The Balaban J connectivity index is 2.39. The molecule has 0 aromatic heterocycles. The van der Waals surface area contributed by atoms with Crippen LogP contribution in [0, 0.1) is 0 Å². The summed E-state index contributed by atoms with van der Waals surface area (Å²) in [6.45, 7) is 0.871. The van der Waals surface area contributed by atoms with Crippen LogP contribution < -0.4 is 16.2 Å². The summed E-state index contributed by atoms with van der Waals surface area (Å²) in [5.74, 6) is -0.634. The van der Waals surface area contributed by atoms with Crippen molar-refractivity contribution in [2.45, 2.75) is 18.4 Å². The first-order valence-electron chi connectivity index (χ1n) is 4.99. The molecule has 0 saturated carbocycles. The van der Waals surface area contributed by atoms with Crippen LogP contribution >= 0.6 is 0 Å². The van der Waals surface area contributed by atoms with Crippen LogP contribution in [0.4, 0.5) is 0 Å². The normalized spacial score (nSPS) is 20.4. The van der Waals surface area contributed by atoms with Crippen LogP contribution in [-0.4, -0.2) is 45.4 Å². The van der Waals surface area contributed by atoms with Gasteiger partial charge in [0.05, 0.1) is 11.3 Å². The van der Waals surface area contributed by atoms with Crippen molar-refractivity contribution in [2.24, 2.45) is 10.9 Å². The number of sulfonamides is 1. The third-order valence-corrected chi connectivity index (χ3v) is 3.28. The molecule has 0 aromatic rings. The van der Waals surface area contributed by atoms with Crippen LogP contribution in [0.5, 0.6) is 0 Å². The molecule has 0 aromatic carbocycles. The zero-order valence-corrected chi connectivity index (χ0v) is 9.76. The van der Waals surface area contributed by atoms with Crippen molar-refractivity contribution < 1.29 is 17.9 Å². The molecule has 0 aliphatic carbocycles. The summed E-state index contributed by atoms with van der Waals surface area (Å²) >= 11 is 0. The second-order valence-corrected chi connectivity index (χ2v) is 5.63. The van der Waals surface area contributed by atoms with Gasteiger partial charge in [-0.1, -0.05) is 0 Å². The molecular formula is C8H17N3O4S. The largest absolute Gasteiger partial charge is 0.381 e. The van der Waals surface area contributed by atoms with Gasteiger partial charge in [0.25, 0.3) is 0 Å². The van der Waals surface area contributed by atoms with E-state index in [0.29, 0.717) is 26.1 Å². The Hall–Kier alpha value is -0.700. The minimum Gasteiger partial charge on any atom is -0.381 e. The Morgan fingerprint density at radius 2 is 1.94 bits per heavy atom. The molecule has 7 nitrogen and oxygen atoms in total. The van der Waals surface area contributed by atoms with Gasteiger partial charge >= 0.3 is 0 Å². The summed E-state index contributed by atoms with van der Waals surface area (Å²) < 4.78 is 26.4. The lowest BCUT2D eigenvalue weighted by Gasteiger charge is -2.31. The third kappa shape index (κ3) is 4.05. The maximum Gasteiger partial charge on any atom is 0.240 e. The Labute approximate surface area is 94.6 Å². The topological polar surface area (TPSA) is 125 Å². The van der Waals surface area contributed by atoms with Crippen LogP contribution in [-0.2, 0) is 19.6 Å². The Bertz CT molecular complexity index is 348. The Morgan fingerprint density at radius 3 is 2.44 bits per heavy atom. The molecule has 0 atom stereocenters. The molecule has 1 fully saturated rings. The van der Waals surface area contributed by atoms with Crippen molar-refractivity contribution >= 4 is 15.9 Å². The highest BCUT2D eigenvalue weighted by atomic mass is 32.2. The number of rotatable bonds is 4. The Kier molecular flexibility index (Phi) is 4.25. The highest BCUT2D eigenvalue weighted by Gasteiger charge is 2.35. The van der Waals surface area contributed by atoms with Gasteiger partial charge in [0.2, 0.25) is 15.9 Å². The maximum absolute atomic E-state index is 11.7. The van der Waals surface area contributed by atoms with E-state index in [2.05, 4.69) is 5.32 Å². The van der Waals surface area contributed by atoms with Crippen molar-refractivity contribution in [3.8, 4) is 0 Å². The standard InChI is InChI=1S/C8H17N3O4S/c9-8(1-4-15-5-2-8)7(12)11-3-6-16(10,13)14/h1-6,9H2,(H,11,12)(H2,10,13,14). The molecule has 1 aliphatic heterocycles. The molecule has 0 radical (unpaired) electrons. The van der Waals surface area contributed by atoms with Crippen molar-refractivity contribution in [1.82, 2.24) is 5.32 Å². The third-order valence-electron chi connectivity index (χ3n) is 2.51. The number of hydrogen-bond donors (Lipinski definition) is 3. The number of nitrogens with one attached hydrogen (secondary N) is 1. The number of carbonyl (C=O) groups is 1. The molecule has 1 heterocycles. The molecular weight excluding hydrogens is 234 g/mol. The van der Waals surface area contributed by atoms with Gasteiger partial charge in [-0.05, 0) is 12.8 Å². The molecule has 16 heavy (non-hydrogen) atoms. The van der Waals surface area contributed by atoms with E-state index in [-0.39, 0.29) is 18.2 Å². The van der Waals surface area contributed by atoms with Crippen LogP contribution in [0.3, 0.4) is 0 Å². The highest BCUT2D eigenvalue weighted by molar-refractivity contribution is 7.89. The summed E-state index contributed by atoms with van der Waals surface area (Å²) in [5, 5.41) is 7.27. The second-order valence-electron chi connectivity index (χ2n) is 3.89. The molecule has 0 bridgehead atoms. The van der Waals surface area contributed by atoms with E-state index in [1.165, 1.54) is 0 Å².